The molecule has 0 aromatic carbocycles. The van der Waals surface area contributed by atoms with Gasteiger partial charge >= 0.3 is 0 Å². The summed E-state index contributed by atoms with van der Waals surface area (Å²) in [6.45, 7) is 3.92. The first kappa shape index (κ1) is 15.7. The van der Waals surface area contributed by atoms with Crippen LogP contribution in [0.3, 0.4) is 0 Å². The highest BCUT2D eigenvalue weighted by Crippen LogP contribution is 2.29. The molecule has 2 aliphatic rings. The maximum Gasteiger partial charge on any atom is 0.0656 e. The molecule has 4 heteroatoms. The standard InChI is InChI=1S/C7H14OS.C6H12OS/c1-2-6(8)7-4-3-5-9-7;1-5(7)6-3-2-4-8-6/h6-8H,2-5H2,1H3;5-7H,2-4H2,1H3. The number of aliphatic hydroxyl groups is 2. The summed E-state index contributed by atoms with van der Waals surface area (Å²) in [6, 6.07) is 0. The molecular formula is C13H26O2S2. The molecule has 2 heterocycles. The Kier molecular flexibility index (Phi) is 8.00. The molecule has 17 heavy (non-hydrogen) atoms. The minimum atomic E-state index is -0.0949. The summed E-state index contributed by atoms with van der Waals surface area (Å²) >= 11 is 3.83. The summed E-state index contributed by atoms with van der Waals surface area (Å²) in [7, 11) is 0. The fourth-order valence-corrected chi connectivity index (χ4v) is 4.78. The lowest BCUT2D eigenvalue weighted by Gasteiger charge is -2.13. The second-order valence-corrected chi connectivity index (χ2v) is 7.51. The van der Waals surface area contributed by atoms with Crippen LogP contribution in [-0.2, 0) is 0 Å². The van der Waals surface area contributed by atoms with Crippen LogP contribution < -0.4 is 0 Å². The van der Waals surface area contributed by atoms with Gasteiger partial charge in [-0.05, 0) is 50.5 Å². The van der Waals surface area contributed by atoms with E-state index >= 15 is 0 Å². The highest BCUT2D eigenvalue weighted by Gasteiger charge is 2.21. The van der Waals surface area contributed by atoms with Crippen molar-refractivity contribution >= 4 is 23.5 Å². The third kappa shape index (κ3) is 5.86. The predicted octanol–water partition coefficient (Wildman–Crippen LogP) is 2.92. The zero-order chi connectivity index (χ0) is 12.7. The van der Waals surface area contributed by atoms with Crippen LogP contribution in [0.5, 0.6) is 0 Å². The van der Waals surface area contributed by atoms with Crippen molar-refractivity contribution < 1.29 is 10.2 Å². The molecule has 0 aromatic heterocycles. The Hall–Kier alpha value is 0.620. The van der Waals surface area contributed by atoms with Gasteiger partial charge in [0, 0.05) is 10.5 Å². The molecule has 4 atom stereocenters. The quantitative estimate of drug-likeness (QED) is 0.833. The third-order valence-corrected chi connectivity index (χ3v) is 6.40. The van der Waals surface area contributed by atoms with E-state index in [1.165, 1.54) is 37.2 Å². The Morgan fingerprint density at radius 3 is 1.88 bits per heavy atom. The maximum atomic E-state index is 9.34. The van der Waals surface area contributed by atoms with E-state index in [9.17, 15) is 5.11 Å². The van der Waals surface area contributed by atoms with Gasteiger partial charge in [0.25, 0.3) is 0 Å². The topological polar surface area (TPSA) is 40.5 Å². The van der Waals surface area contributed by atoms with E-state index in [1.54, 1.807) is 0 Å². The van der Waals surface area contributed by atoms with E-state index in [4.69, 9.17) is 5.11 Å². The largest absolute Gasteiger partial charge is 0.392 e. The van der Waals surface area contributed by atoms with Crippen LogP contribution in [0.2, 0.25) is 0 Å². The van der Waals surface area contributed by atoms with Crippen LogP contribution in [0.15, 0.2) is 0 Å². The molecule has 0 spiro atoms. The van der Waals surface area contributed by atoms with Gasteiger partial charge in [-0.3, -0.25) is 0 Å². The second-order valence-electron chi connectivity index (χ2n) is 4.82. The van der Waals surface area contributed by atoms with E-state index in [-0.39, 0.29) is 12.2 Å². The van der Waals surface area contributed by atoms with E-state index in [1.807, 2.05) is 37.4 Å². The first-order chi connectivity index (χ1) is 8.15. The van der Waals surface area contributed by atoms with Crippen LogP contribution in [0.4, 0.5) is 0 Å². The molecule has 0 aromatic rings. The Morgan fingerprint density at radius 1 is 1.06 bits per heavy atom. The highest BCUT2D eigenvalue weighted by molar-refractivity contribution is 8.00. The van der Waals surface area contributed by atoms with Crippen molar-refractivity contribution in [2.45, 2.75) is 68.7 Å². The van der Waals surface area contributed by atoms with Gasteiger partial charge in [-0.15, -0.1) is 0 Å². The first-order valence-corrected chi connectivity index (χ1v) is 8.84. The summed E-state index contributed by atoms with van der Waals surface area (Å²) in [4.78, 5) is 0. The van der Waals surface area contributed by atoms with Crippen molar-refractivity contribution in [3.63, 3.8) is 0 Å². The number of thioether (sulfide) groups is 2. The smallest absolute Gasteiger partial charge is 0.0656 e. The van der Waals surface area contributed by atoms with E-state index in [0.29, 0.717) is 10.5 Å². The van der Waals surface area contributed by atoms with Crippen LogP contribution in [0, 0.1) is 0 Å². The van der Waals surface area contributed by atoms with Crippen molar-refractivity contribution in [3.05, 3.63) is 0 Å². The van der Waals surface area contributed by atoms with Gasteiger partial charge < -0.3 is 10.2 Å². The number of hydrogen-bond acceptors (Lipinski definition) is 4. The lowest BCUT2D eigenvalue weighted by molar-refractivity contribution is 0.166. The van der Waals surface area contributed by atoms with Gasteiger partial charge in [0.15, 0.2) is 0 Å². The molecule has 0 amide bonds. The molecule has 2 saturated heterocycles. The lowest BCUT2D eigenvalue weighted by atomic mass is 10.1. The minimum absolute atomic E-state index is 0.0440. The summed E-state index contributed by atoms with van der Waals surface area (Å²) in [5, 5.41) is 19.5. The van der Waals surface area contributed by atoms with Crippen molar-refractivity contribution in [3.8, 4) is 0 Å². The van der Waals surface area contributed by atoms with E-state index in [0.717, 1.165) is 6.42 Å². The van der Waals surface area contributed by atoms with Crippen LogP contribution in [0.25, 0.3) is 0 Å². The average Bonchev–Trinajstić information content (AvgIpc) is 3.01. The second kappa shape index (κ2) is 8.68. The molecule has 0 saturated carbocycles. The summed E-state index contributed by atoms with van der Waals surface area (Å²) < 4.78 is 0. The number of aliphatic hydroxyl groups excluding tert-OH is 2. The molecular weight excluding hydrogens is 252 g/mol. The summed E-state index contributed by atoms with van der Waals surface area (Å²) in [5.74, 6) is 2.50. The highest BCUT2D eigenvalue weighted by atomic mass is 32.2. The van der Waals surface area contributed by atoms with Gasteiger partial charge in [-0.2, -0.15) is 23.5 Å². The zero-order valence-corrected chi connectivity index (χ0v) is 12.6. The first-order valence-electron chi connectivity index (χ1n) is 6.74. The Morgan fingerprint density at radius 2 is 1.59 bits per heavy atom. The molecule has 2 aliphatic heterocycles. The van der Waals surface area contributed by atoms with Gasteiger partial charge in [0.05, 0.1) is 12.2 Å². The van der Waals surface area contributed by atoms with E-state index in [2.05, 4.69) is 0 Å². The van der Waals surface area contributed by atoms with Gasteiger partial charge in [-0.25, -0.2) is 0 Å². The number of hydrogen-bond donors (Lipinski definition) is 2. The summed E-state index contributed by atoms with van der Waals surface area (Å²) in [6.07, 6.45) is 5.80. The van der Waals surface area contributed by atoms with Crippen LogP contribution in [-0.4, -0.2) is 44.4 Å². The predicted molar refractivity (Wildman–Crippen MR) is 78.9 cm³/mol. The Balaban J connectivity index is 0.000000171. The lowest BCUT2D eigenvalue weighted by Crippen LogP contribution is -2.18. The van der Waals surface area contributed by atoms with Gasteiger partial charge in [0.1, 0.15) is 0 Å². The molecule has 0 bridgehead atoms. The van der Waals surface area contributed by atoms with Gasteiger partial charge in [0.2, 0.25) is 0 Å². The van der Waals surface area contributed by atoms with Gasteiger partial charge in [-0.1, -0.05) is 6.92 Å². The monoisotopic (exact) mass is 278 g/mol. The Labute approximate surface area is 114 Å². The van der Waals surface area contributed by atoms with Crippen molar-refractivity contribution in [1.82, 2.24) is 0 Å². The maximum absolute atomic E-state index is 9.34. The normalized spacial score (nSPS) is 31.8. The van der Waals surface area contributed by atoms with Crippen LogP contribution in [0.1, 0.15) is 46.0 Å². The molecule has 2 nitrogen and oxygen atoms in total. The van der Waals surface area contributed by atoms with Crippen molar-refractivity contribution in [2.75, 3.05) is 11.5 Å². The number of rotatable bonds is 3. The molecule has 2 fully saturated rings. The van der Waals surface area contributed by atoms with Crippen molar-refractivity contribution in [2.24, 2.45) is 0 Å². The summed E-state index contributed by atoms with van der Waals surface area (Å²) in [5.41, 5.74) is 0. The molecule has 102 valence electrons. The van der Waals surface area contributed by atoms with Crippen molar-refractivity contribution in [1.29, 1.82) is 0 Å². The minimum Gasteiger partial charge on any atom is -0.392 e. The zero-order valence-electron chi connectivity index (χ0n) is 11.0. The molecule has 2 N–H and O–H groups in total. The molecule has 4 unspecified atom stereocenters. The van der Waals surface area contributed by atoms with E-state index < -0.39 is 0 Å². The fourth-order valence-electron chi connectivity index (χ4n) is 2.15. The Bertz CT molecular complexity index is 188. The fraction of sp³-hybridized carbons (Fsp3) is 1.00. The SMILES string of the molecule is CC(O)C1CCCS1.CCC(O)C1CCCS1. The van der Waals surface area contributed by atoms with Crippen LogP contribution >= 0.6 is 23.5 Å². The average molecular weight is 278 g/mol. The molecule has 0 aliphatic carbocycles. The third-order valence-electron chi connectivity index (χ3n) is 3.32. The molecule has 2 rings (SSSR count). The molecule has 0 radical (unpaired) electrons.